The van der Waals surface area contributed by atoms with Crippen molar-refractivity contribution in [1.82, 2.24) is 5.32 Å². The average molecular weight is 265 g/mol. The summed E-state index contributed by atoms with van der Waals surface area (Å²) in [6.07, 6.45) is 0.0189. The summed E-state index contributed by atoms with van der Waals surface area (Å²) in [5, 5.41) is 3.45. The first-order valence-electron chi connectivity index (χ1n) is 6.79. The molecule has 3 heteroatoms. The number of ether oxygens (including phenoxy) is 2. The number of benzene rings is 1. The Labute approximate surface area is 117 Å². The molecule has 1 atom stereocenters. The molecule has 19 heavy (non-hydrogen) atoms. The van der Waals surface area contributed by atoms with Gasteiger partial charge in [-0.25, -0.2) is 0 Å². The first kappa shape index (κ1) is 16.0. The Hall–Kier alpha value is -1.06. The molecular weight excluding hydrogens is 238 g/mol. The second kappa shape index (κ2) is 6.92. The molecule has 0 aliphatic carbocycles. The Morgan fingerprint density at radius 1 is 1.11 bits per heavy atom. The van der Waals surface area contributed by atoms with Crippen molar-refractivity contribution in [1.29, 1.82) is 0 Å². The van der Waals surface area contributed by atoms with Gasteiger partial charge in [0.05, 0.1) is 6.61 Å². The molecule has 108 valence electrons. The summed E-state index contributed by atoms with van der Waals surface area (Å²) < 4.78 is 11.3. The molecule has 0 saturated carbocycles. The Morgan fingerprint density at radius 3 is 2.16 bits per heavy atom. The standard InChI is InChI=1S/C16H27NO2/c1-12-7-13(2)9-14(8-12)19-15(11-18-6)10-17-16(3,4)5/h7-9,15,17H,10-11H2,1-6H3. The predicted molar refractivity (Wildman–Crippen MR) is 80.0 cm³/mol. The SMILES string of the molecule is COCC(CNC(C)(C)C)Oc1cc(C)cc(C)c1. The van der Waals surface area contributed by atoms with Crippen LogP contribution in [0.3, 0.4) is 0 Å². The maximum Gasteiger partial charge on any atom is 0.134 e. The second-order valence-corrected chi connectivity index (χ2v) is 6.15. The van der Waals surface area contributed by atoms with E-state index in [9.17, 15) is 0 Å². The number of methoxy groups -OCH3 is 1. The van der Waals surface area contributed by atoms with Crippen LogP contribution in [-0.4, -0.2) is 31.9 Å². The number of nitrogens with one attached hydrogen (secondary N) is 1. The molecule has 0 aliphatic heterocycles. The first-order valence-corrected chi connectivity index (χ1v) is 6.79. The minimum atomic E-state index is 0.0189. The third-order valence-corrected chi connectivity index (χ3v) is 2.71. The molecule has 0 fully saturated rings. The fraction of sp³-hybridized carbons (Fsp3) is 0.625. The van der Waals surface area contributed by atoms with Crippen molar-refractivity contribution in [2.45, 2.75) is 46.3 Å². The molecule has 1 N–H and O–H groups in total. The van der Waals surface area contributed by atoms with Crippen LogP contribution >= 0.6 is 0 Å². The molecule has 3 nitrogen and oxygen atoms in total. The molecule has 0 amide bonds. The van der Waals surface area contributed by atoms with Crippen molar-refractivity contribution in [2.75, 3.05) is 20.3 Å². The minimum Gasteiger partial charge on any atom is -0.487 e. The molecular formula is C16H27NO2. The lowest BCUT2D eigenvalue weighted by Gasteiger charge is -2.26. The topological polar surface area (TPSA) is 30.5 Å². The number of aryl methyl sites for hydroxylation is 2. The van der Waals surface area contributed by atoms with Gasteiger partial charge in [0.25, 0.3) is 0 Å². The Kier molecular flexibility index (Phi) is 5.83. The molecule has 0 heterocycles. The van der Waals surface area contributed by atoms with Crippen LogP contribution in [0, 0.1) is 13.8 Å². The molecule has 0 radical (unpaired) electrons. The highest BCUT2D eigenvalue weighted by Gasteiger charge is 2.15. The quantitative estimate of drug-likeness (QED) is 0.857. The lowest BCUT2D eigenvalue weighted by Crippen LogP contribution is -2.44. The fourth-order valence-electron chi connectivity index (χ4n) is 1.93. The highest BCUT2D eigenvalue weighted by molar-refractivity contribution is 5.33. The van der Waals surface area contributed by atoms with Crippen LogP contribution in [0.25, 0.3) is 0 Å². The average Bonchev–Trinajstić information content (AvgIpc) is 2.23. The van der Waals surface area contributed by atoms with Gasteiger partial charge < -0.3 is 14.8 Å². The van der Waals surface area contributed by atoms with E-state index >= 15 is 0 Å². The lowest BCUT2D eigenvalue weighted by atomic mass is 10.1. The Bertz CT molecular complexity index is 376. The summed E-state index contributed by atoms with van der Waals surface area (Å²) in [6, 6.07) is 6.27. The largest absolute Gasteiger partial charge is 0.487 e. The van der Waals surface area contributed by atoms with Crippen LogP contribution in [0.2, 0.25) is 0 Å². The second-order valence-electron chi connectivity index (χ2n) is 6.15. The maximum absolute atomic E-state index is 6.02. The Morgan fingerprint density at radius 2 is 1.68 bits per heavy atom. The highest BCUT2D eigenvalue weighted by Crippen LogP contribution is 2.17. The summed E-state index contributed by atoms with van der Waals surface area (Å²) in [5.74, 6) is 0.912. The van der Waals surface area contributed by atoms with Gasteiger partial charge in [-0.3, -0.25) is 0 Å². The summed E-state index contributed by atoms with van der Waals surface area (Å²) in [4.78, 5) is 0. The van der Waals surface area contributed by atoms with Crippen LogP contribution in [0.15, 0.2) is 18.2 Å². The number of hydrogen-bond donors (Lipinski definition) is 1. The summed E-state index contributed by atoms with van der Waals surface area (Å²) in [5.41, 5.74) is 2.52. The number of hydrogen-bond acceptors (Lipinski definition) is 3. The zero-order chi connectivity index (χ0) is 14.5. The van der Waals surface area contributed by atoms with Crippen molar-refractivity contribution >= 4 is 0 Å². The van der Waals surface area contributed by atoms with Gasteiger partial charge in [0.1, 0.15) is 11.9 Å². The molecule has 0 bridgehead atoms. The van der Waals surface area contributed by atoms with Crippen LogP contribution < -0.4 is 10.1 Å². The first-order chi connectivity index (χ1) is 8.80. The third-order valence-electron chi connectivity index (χ3n) is 2.71. The van der Waals surface area contributed by atoms with Gasteiger partial charge in [0, 0.05) is 19.2 Å². The van der Waals surface area contributed by atoms with Crippen LogP contribution in [-0.2, 0) is 4.74 Å². The van der Waals surface area contributed by atoms with E-state index in [-0.39, 0.29) is 11.6 Å². The van der Waals surface area contributed by atoms with Gasteiger partial charge >= 0.3 is 0 Å². The van der Waals surface area contributed by atoms with Crippen molar-refractivity contribution in [3.05, 3.63) is 29.3 Å². The predicted octanol–water partition coefficient (Wildman–Crippen LogP) is 3.09. The normalized spacial score (nSPS) is 13.4. The van der Waals surface area contributed by atoms with Crippen LogP contribution in [0.1, 0.15) is 31.9 Å². The Balaban J connectivity index is 2.66. The zero-order valence-electron chi connectivity index (χ0n) is 13.0. The highest BCUT2D eigenvalue weighted by atomic mass is 16.5. The van der Waals surface area contributed by atoms with E-state index in [2.05, 4.69) is 58.1 Å². The summed E-state index contributed by atoms with van der Waals surface area (Å²) in [7, 11) is 1.70. The van der Waals surface area contributed by atoms with Gasteiger partial charge in [-0.15, -0.1) is 0 Å². The molecule has 0 aromatic heterocycles. The van der Waals surface area contributed by atoms with Gasteiger partial charge in [-0.1, -0.05) is 6.07 Å². The minimum absolute atomic E-state index is 0.0189. The maximum atomic E-state index is 6.02. The van der Waals surface area contributed by atoms with E-state index in [1.807, 2.05) is 0 Å². The third kappa shape index (κ3) is 6.60. The molecule has 1 aromatic carbocycles. The number of rotatable bonds is 6. The lowest BCUT2D eigenvalue weighted by molar-refractivity contribution is 0.0764. The molecule has 1 unspecified atom stereocenters. The summed E-state index contributed by atoms with van der Waals surface area (Å²) in [6.45, 7) is 12.0. The van der Waals surface area contributed by atoms with E-state index < -0.39 is 0 Å². The van der Waals surface area contributed by atoms with E-state index in [1.54, 1.807) is 7.11 Å². The van der Waals surface area contributed by atoms with E-state index in [4.69, 9.17) is 9.47 Å². The fourth-order valence-corrected chi connectivity index (χ4v) is 1.93. The van der Waals surface area contributed by atoms with Crippen LogP contribution in [0.4, 0.5) is 0 Å². The van der Waals surface area contributed by atoms with Gasteiger partial charge in [0.15, 0.2) is 0 Å². The zero-order valence-corrected chi connectivity index (χ0v) is 13.0. The van der Waals surface area contributed by atoms with E-state index in [1.165, 1.54) is 11.1 Å². The molecule has 0 aliphatic rings. The van der Waals surface area contributed by atoms with Crippen molar-refractivity contribution in [3.8, 4) is 5.75 Å². The van der Waals surface area contributed by atoms with Crippen LogP contribution in [0.5, 0.6) is 5.75 Å². The van der Waals surface area contributed by atoms with Gasteiger partial charge in [-0.2, -0.15) is 0 Å². The molecule has 0 spiro atoms. The molecule has 0 saturated heterocycles. The van der Waals surface area contributed by atoms with Crippen molar-refractivity contribution < 1.29 is 9.47 Å². The molecule has 1 aromatic rings. The summed E-state index contributed by atoms with van der Waals surface area (Å²) >= 11 is 0. The van der Waals surface area contributed by atoms with Crippen molar-refractivity contribution in [2.24, 2.45) is 0 Å². The molecule has 1 rings (SSSR count). The smallest absolute Gasteiger partial charge is 0.134 e. The van der Waals surface area contributed by atoms with Gasteiger partial charge in [-0.05, 0) is 57.9 Å². The van der Waals surface area contributed by atoms with E-state index in [0.717, 1.165) is 12.3 Å². The van der Waals surface area contributed by atoms with E-state index in [0.29, 0.717) is 6.61 Å². The van der Waals surface area contributed by atoms with Gasteiger partial charge in [0.2, 0.25) is 0 Å². The van der Waals surface area contributed by atoms with Crippen molar-refractivity contribution in [3.63, 3.8) is 0 Å². The monoisotopic (exact) mass is 265 g/mol.